The normalized spacial score (nSPS) is 19.8. The summed E-state index contributed by atoms with van der Waals surface area (Å²) in [7, 11) is -1.96. The third-order valence-corrected chi connectivity index (χ3v) is 8.12. The van der Waals surface area contributed by atoms with Crippen LogP contribution in [0.3, 0.4) is 0 Å². The molecular weight excluding hydrogens is 442 g/mol. The number of hydrogen-bond donors (Lipinski definition) is 1. The van der Waals surface area contributed by atoms with Gasteiger partial charge in [0.2, 0.25) is 21.8 Å². The number of ether oxygens (including phenoxy) is 1. The van der Waals surface area contributed by atoms with Crippen LogP contribution < -0.4 is 15.0 Å². The largest absolute Gasteiger partial charge is 0.497 e. The Morgan fingerprint density at radius 1 is 0.970 bits per heavy atom. The van der Waals surface area contributed by atoms with Gasteiger partial charge in [0.05, 0.1) is 17.9 Å². The number of sulfonamides is 1. The third kappa shape index (κ3) is 5.20. The maximum atomic E-state index is 12.9. The average molecular weight is 472 g/mol. The molecule has 2 aromatic carbocycles. The van der Waals surface area contributed by atoms with Gasteiger partial charge in [-0.25, -0.2) is 8.42 Å². The van der Waals surface area contributed by atoms with Crippen molar-refractivity contribution in [1.29, 1.82) is 0 Å². The Balaban J connectivity index is 1.39. The molecule has 0 radical (unpaired) electrons. The summed E-state index contributed by atoms with van der Waals surface area (Å²) in [5, 5.41) is 2.82. The summed E-state index contributed by atoms with van der Waals surface area (Å²) in [6.45, 7) is 1.38. The molecule has 2 aliphatic heterocycles. The van der Waals surface area contributed by atoms with Crippen molar-refractivity contribution in [1.82, 2.24) is 4.31 Å². The van der Waals surface area contributed by atoms with Crippen LogP contribution in [-0.2, 0) is 19.6 Å². The number of benzene rings is 2. The number of hydrogen-bond acceptors (Lipinski definition) is 5. The predicted octanol–water partition coefficient (Wildman–Crippen LogP) is 3.25. The summed E-state index contributed by atoms with van der Waals surface area (Å²) in [4.78, 5) is 27.1. The molecule has 8 nitrogen and oxygen atoms in total. The van der Waals surface area contributed by atoms with Crippen LogP contribution >= 0.6 is 0 Å². The number of nitrogens with zero attached hydrogens (tertiary/aromatic N) is 2. The molecule has 1 atom stereocenters. The molecule has 2 saturated heterocycles. The molecule has 0 spiro atoms. The first-order chi connectivity index (χ1) is 15.9. The van der Waals surface area contributed by atoms with E-state index in [1.165, 1.54) is 12.1 Å². The number of rotatable bonds is 6. The molecule has 2 aliphatic rings. The zero-order valence-electron chi connectivity index (χ0n) is 18.7. The Bertz CT molecular complexity index is 1090. The number of carbonyl (C=O) groups is 2. The number of anilines is 2. The first-order valence-electron chi connectivity index (χ1n) is 11.2. The van der Waals surface area contributed by atoms with Crippen molar-refractivity contribution in [3.8, 4) is 5.75 Å². The highest BCUT2D eigenvalue weighted by atomic mass is 32.2. The van der Waals surface area contributed by atoms with Crippen LogP contribution in [0, 0.1) is 5.92 Å². The van der Waals surface area contributed by atoms with Crippen molar-refractivity contribution in [2.24, 2.45) is 5.92 Å². The Morgan fingerprint density at radius 3 is 2.21 bits per heavy atom. The highest BCUT2D eigenvalue weighted by Gasteiger charge is 2.35. The summed E-state index contributed by atoms with van der Waals surface area (Å²) in [5.41, 5.74) is 1.23. The maximum absolute atomic E-state index is 12.9. The van der Waals surface area contributed by atoms with Gasteiger partial charge in [-0.15, -0.1) is 0 Å². The molecule has 1 unspecified atom stereocenters. The summed E-state index contributed by atoms with van der Waals surface area (Å²) < 4.78 is 32.5. The van der Waals surface area contributed by atoms with Gasteiger partial charge in [0, 0.05) is 37.4 Å². The molecule has 0 aliphatic carbocycles. The van der Waals surface area contributed by atoms with Gasteiger partial charge in [-0.2, -0.15) is 4.31 Å². The molecule has 176 valence electrons. The predicted molar refractivity (Wildman–Crippen MR) is 126 cm³/mol. The fourth-order valence-electron chi connectivity index (χ4n) is 4.28. The second-order valence-electron chi connectivity index (χ2n) is 8.44. The summed E-state index contributed by atoms with van der Waals surface area (Å²) in [6.07, 6.45) is 3.98. The minimum absolute atomic E-state index is 0.112. The van der Waals surface area contributed by atoms with Crippen LogP contribution in [0.5, 0.6) is 5.75 Å². The lowest BCUT2D eigenvalue weighted by Gasteiger charge is -2.20. The lowest BCUT2D eigenvalue weighted by atomic mass is 10.1. The van der Waals surface area contributed by atoms with Crippen molar-refractivity contribution >= 4 is 33.2 Å². The van der Waals surface area contributed by atoms with Gasteiger partial charge >= 0.3 is 0 Å². The molecule has 2 amide bonds. The number of methoxy groups -OCH3 is 1. The highest BCUT2D eigenvalue weighted by molar-refractivity contribution is 7.89. The summed E-state index contributed by atoms with van der Waals surface area (Å²) in [6, 6.07) is 13.4. The first kappa shape index (κ1) is 23.3. The van der Waals surface area contributed by atoms with E-state index in [1.807, 2.05) is 0 Å². The Kier molecular flexibility index (Phi) is 6.99. The molecule has 0 saturated carbocycles. The molecule has 0 aromatic heterocycles. The van der Waals surface area contributed by atoms with E-state index in [-0.39, 0.29) is 23.1 Å². The van der Waals surface area contributed by atoms with E-state index in [4.69, 9.17) is 4.74 Å². The van der Waals surface area contributed by atoms with Crippen LogP contribution in [0.15, 0.2) is 53.4 Å². The van der Waals surface area contributed by atoms with Crippen molar-refractivity contribution in [3.63, 3.8) is 0 Å². The highest BCUT2D eigenvalue weighted by Crippen LogP contribution is 2.28. The van der Waals surface area contributed by atoms with E-state index in [9.17, 15) is 18.0 Å². The Morgan fingerprint density at radius 2 is 1.61 bits per heavy atom. The molecule has 0 bridgehead atoms. The van der Waals surface area contributed by atoms with Gasteiger partial charge in [-0.3, -0.25) is 9.59 Å². The van der Waals surface area contributed by atoms with Crippen LogP contribution in [0.4, 0.5) is 11.4 Å². The van der Waals surface area contributed by atoms with Crippen molar-refractivity contribution in [2.45, 2.75) is 37.0 Å². The van der Waals surface area contributed by atoms with Crippen molar-refractivity contribution in [2.75, 3.05) is 37.0 Å². The minimum atomic E-state index is -3.54. The monoisotopic (exact) mass is 471 g/mol. The van der Waals surface area contributed by atoms with Gasteiger partial charge in [-0.05, 0) is 61.4 Å². The first-order valence-corrected chi connectivity index (χ1v) is 12.7. The quantitative estimate of drug-likeness (QED) is 0.698. The molecule has 2 heterocycles. The Labute approximate surface area is 194 Å². The zero-order chi connectivity index (χ0) is 23.4. The minimum Gasteiger partial charge on any atom is -0.497 e. The SMILES string of the molecule is COc1ccc(N2CC(C(=O)Nc3ccc(S(=O)(=O)N4CCCCCC4)cc3)CC2=O)cc1. The van der Waals surface area contributed by atoms with Gasteiger partial charge in [-0.1, -0.05) is 12.8 Å². The van der Waals surface area contributed by atoms with Crippen LogP contribution in [0.25, 0.3) is 0 Å². The number of nitrogens with one attached hydrogen (secondary N) is 1. The molecule has 2 fully saturated rings. The van der Waals surface area contributed by atoms with E-state index in [1.54, 1.807) is 52.7 Å². The lowest BCUT2D eigenvalue weighted by molar-refractivity contribution is -0.122. The standard InChI is InChI=1S/C24H29N3O5S/c1-32-21-10-8-20(9-11-21)27-17-18(16-23(27)28)24(29)25-19-6-12-22(13-7-19)33(30,31)26-14-4-2-3-5-15-26/h6-13,18H,2-5,14-17H2,1H3,(H,25,29). The van der Waals surface area contributed by atoms with Crippen LogP contribution in [0.2, 0.25) is 0 Å². The van der Waals surface area contributed by atoms with E-state index in [2.05, 4.69) is 5.32 Å². The van der Waals surface area contributed by atoms with E-state index < -0.39 is 15.9 Å². The summed E-state index contributed by atoms with van der Waals surface area (Å²) in [5.74, 6) is -0.164. The summed E-state index contributed by atoms with van der Waals surface area (Å²) >= 11 is 0. The molecule has 2 aromatic rings. The molecule has 33 heavy (non-hydrogen) atoms. The zero-order valence-corrected chi connectivity index (χ0v) is 19.5. The molecule has 1 N–H and O–H groups in total. The van der Waals surface area contributed by atoms with Gasteiger partial charge < -0.3 is 15.0 Å². The fraction of sp³-hybridized carbons (Fsp3) is 0.417. The second kappa shape index (κ2) is 9.93. The third-order valence-electron chi connectivity index (χ3n) is 6.20. The smallest absolute Gasteiger partial charge is 0.243 e. The van der Waals surface area contributed by atoms with Crippen LogP contribution in [0.1, 0.15) is 32.1 Å². The van der Waals surface area contributed by atoms with E-state index in [0.29, 0.717) is 31.1 Å². The van der Waals surface area contributed by atoms with Gasteiger partial charge in [0.1, 0.15) is 5.75 Å². The van der Waals surface area contributed by atoms with Crippen molar-refractivity contribution in [3.05, 3.63) is 48.5 Å². The second-order valence-corrected chi connectivity index (χ2v) is 10.4. The fourth-order valence-corrected chi connectivity index (χ4v) is 5.80. The van der Waals surface area contributed by atoms with Gasteiger partial charge in [0.25, 0.3) is 0 Å². The average Bonchev–Trinajstić information content (AvgIpc) is 3.02. The maximum Gasteiger partial charge on any atom is 0.243 e. The van der Waals surface area contributed by atoms with Crippen LogP contribution in [-0.4, -0.2) is 51.3 Å². The lowest BCUT2D eigenvalue weighted by Crippen LogP contribution is -2.32. The number of amides is 2. The van der Waals surface area contributed by atoms with Crippen molar-refractivity contribution < 1.29 is 22.7 Å². The molecule has 9 heteroatoms. The van der Waals surface area contributed by atoms with E-state index in [0.717, 1.165) is 31.4 Å². The Hall–Kier alpha value is -2.91. The van der Waals surface area contributed by atoms with Gasteiger partial charge in [0.15, 0.2) is 0 Å². The topological polar surface area (TPSA) is 96.0 Å². The molecular formula is C24H29N3O5S. The number of carbonyl (C=O) groups excluding carboxylic acids is 2. The molecule has 4 rings (SSSR count). The van der Waals surface area contributed by atoms with E-state index >= 15 is 0 Å².